The van der Waals surface area contributed by atoms with Crippen LogP contribution in [0.2, 0.25) is 6.04 Å². The summed E-state index contributed by atoms with van der Waals surface area (Å²) in [5.74, 6) is -1.61. The fourth-order valence-electron chi connectivity index (χ4n) is 1.13. The summed E-state index contributed by atoms with van der Waals surface area (Å²) in [4.78, 5) is 20.2. The fourth-order valence-corrected chi connectivity index (χ4v) is 2.82. The minimum Gasteiger partial charge on any atom is -0.545 e. The Morgan fingerprint density at radius 2 is 1.59 bits per heavy atom. The molecule has 0 saturated heterocycles. The molecule has 7 nitrogen and oxygen atoms in total. The van der Waals surface area contributed by atoms with Crippen LogP contribution < -0.4 is 5.11 Å². The van der Waals surface area contributed by atoms with Gasteiger partial charge in [0, 0.05) is 56.9 Å². The summed E-state index contributed by atoms with van der Waals surface area (Å²) < 4.78 is 20.6. The van der Waals surface area contributed by atoms with Gasteiger partial charge in [0.25, 0.3) is 0 Å². The first-order chi connectivity index (χ1) is 9.78. The average molecular weight is 438 g/mol. The van der Waals surface area contributed by atoms with E-state index in [-0.39, 0.29) is 29.9 Å². The smallest absolute Gasteiger partial charge is 0.500 e. The van der Waals surface area contributed by atoms with Gasteiger partial charge in [0.15, 0.2) is 0 Å². The minimum absolute atomic E-state index is 0. The second-order valence-corrected chi connectivity index (χ2v) is 6.93. The molecule has 126 valence electrons. The average Bonchev–Trinajstić information content (AvgIpc) is 2.48. The molecule has 0 aliphatic carbocycles. The second kappa shape index (κ2) is 15.2. The zero-order valence-electron chi connectivity index (χ0n) is 13.5. The Hall–Kier alpha value is -0.684. The van der Waals surface area contributed by atoms with Crippen LogP contribution in [-0.2, 0) is 27.6 Å². The summed E-state index contributed by atoms with van der Waals surface area (Å²) in [6.07, 6.45) is 1.36. The van der Waals surface area contributed by atoms with E-state index in [0.717, 1.165) is 6.08 Å². The van der Waals surface area contributed by atoms with E-state index in [1.807, 2.05) is 0 Å². The number of rotatable bonds is 9. The van der Waals surface area contributed by atoms with Crippen LogP contribution in [0.1, 0.15) is 13.3 Å². The predicted molar refractivity (Wildman–Crippen MR) is 82.9 cm³/mol. The van der Waals surface area contributed by atoms with Crippen LogP contribution in [0.4, 0.5) is 0 Å². The Bertz CT molecular complexity index is 348. The Kier molecular flexibility index (Phi) is 18.1. The van der Waals surface area contributed by atoms with Crippen molar-refractivity contribution in [2.45, 2.75) is 19.4 Å². The SMILES string of the molecule is C=C(C)C(=O)OCCC[Si](OC)(OC)OC.C=CC(=O)[O-].[Sn]. The van der Waals surface area contributed by atoms with Crippen molar-refractivity contribution in [1.29, 1.82) is 0 Å². The van der Waals surface area contributed by atoms with Crippen molar-refractivity contribution in [2.75, 3.05) is 27.9 Å². The fraction of sp³-hybridized carbons (Fsp3) is 0.538. The van der Waals surface area contributed by atoms with Crippen molar-refractivity contribution < 1.29 is 32.7 Å². The molecule has 0 N–H and O–H groups in total. The molecule has 0 aromatic heterocycles. The number of hydrogen-bond acceptors (Lipinski definition) is 7. The summed E-state index contributed by atoms with van der Waals surface area (Å²) in [5, 5.41) is 9.14. The van der Waals surface area contributed by atoms with Gasteiger partial charge in [-0.3, -0.25) is 0 Å². The first kappa shape index (κ1) is 26.2. The van der Waals surface area contributed by atoms with E-state index in [9.17, 15) is 4.79 Å². The van der Waals surface area contributed by atoms with Gasteiger partial charge in [-0.25, -0.2) is 4.79 Å². The monoisotopic (exact) mass is 439 g/mol. The van der Waals surface area contributed by atoms with Crippen molar-refractivity contribution in [3.63, 3.8) is 0 Å². The van der Waals surface area contributed by atoms with Crippen LogP contribution in [0.25, 0.3) is 0 Å². The molecule has 0 unspecified atom stereocenters. The van der Waals surface area contributed by atoms with Crippen molar-refractivity contribution >= 4 is 44.7 Å². The van der Waals surface area contributed by atoms with Gasteiger partial charge in [-0.1, -0.05) is 13.2 Å². The Morgan fingerprint density at radius 3 is 1.86 bits per heavy atom. The van der Waals surface area contributed by atoms with Crippen molar-refractivity contribution in [2.24, 2.45) is 0 Å². The topological polar surface area (TPSA) is 94.1 Å². The molecule has 0 spiro atoms. The number of carboxylic acids is 1. The first-order valence-electron chi connectivity index (χ1n) is 6.10. The number of esters is 1. The molecule has 0 atom stereocenters. The molecule has 0 rings (SSSR count). The maximum absolute atomic E-state index is 11.1. The van der Waals surface area contributed by atoms with Crippen LogP contribution in [0.15, 0.2) is 24.8 Å². The number of ether oxygens (including phenoxy) is 1. The molecule has 0 bridgehead atoms. The van der Waals surface area contributed by atoms with Crippen LogP contribution in [-0.4, -0.2) is 72.6 Å². The zero-order valence-corrected chi connectivity index (χ0v) is 17.3. The Balaban J connectivity index is -0.000000520. The van der Waals surface area contributed by atoms with E-state index in [2.05, 4.69) is 13.2 Å². The molecule has 0 fully saturated rings. The summed E-state index contributed by atoms with van der Waals surface area (Å²) in [5.41, 5.74) is 0.397. The summed E-state index contributed by atoms with van der Waals surface area (Å²) in [6, 6.07) is 0.611. The predicted octanol–water partition coefficient (Wildman–Crippen LogP) is -0.0846. The van der Waals surface area contributed by atoms with Gasteiger partial charge in [0.1, 0.15) is 0 Å². The molecule has 0 aromatic rings. The zero-order chi connectivity index (χ0) is 16.9. The van der Waals surface area contributed by atoms with E-state index in [1.54, 1.807) is 28.3 Å². The molecule has 0 aliphatic rings. The van der Waals surface area contributed by atoms with E-state index in [0.29, 0.717) is 24.6 Å². The largest absolute Gasteiger partial charge is 0.545 e. The van der Waals surface area contributed by atoms with Crippen molar-refractivity contribution in [3.05, 3.63) is 24.8 Å². The number of carbonyl (C=O) groups excluding carboxylic acids is 2. The first-order valence-corrected chi connectivity index (χ1v) is 8.03. The third kappa shape index (κ3) is 13.0. The van der Waals surface area contributed by atoms with Crippen LogP contribution in [0.5, 0.6) is 0 Å². The summed E-state index contributed by atoms with van der Waals surface area (Å²) in [6.45, 7) is 8.32. The summed E-state index contributed by atoms with van der Waals surface area (Å²) >= 11 is 0. The third-order valence-electron chi connectivity index (χ3n) is 2.31. The molecule has 4 radical (unpaired) electrons. The molecule has 0 heterocycles. The number of carbonyl (C=O) groups is 2. The van der Waals surface area contributed by atoms with Crippen LogP contribution >= 0.6 is 0 Å². The molecular weight excluding hydrogens is 415 g/mol. The standard InChI is InChI=1S/C10H20O5Si.C3H4O2.Sn/c1-9(2)10(11)15-7-6-8-16(12-3,13-4)14-5;1-2-3(4)5;/h1,6-8H2,2-5H3;2H,1H2,(H,4,5);/p-1. The van der Waals surface area contributed by atoms with Gasteiger partial charge in [0.2, 0.25) is 0 Å². The summed E-state index contributed by atoms with van der Waals surface area (Å²) in [7, 11) is 2.13. The van der Waals surface area contributed by atoms with Gasteiger partial charge < -0.3 is 27.9 Å². The Labute approximate surface area is 149 Å². The van der Waals surface area contributed by atoms with Gasteiger partial charge in [0.05, 0.1) is 12.6 Å². The normalized spacial score (nSPS) is 9.64. The molecular formula is C13H23O7SiSn-. The molecule has 0 amide bonds. The maximum atomic E-state index is 11.1. The van der Waals surface area contributed by atoms with E-state index in [4.69, 9.17) is 27.9 Å². The molecule has 9 heteroatoms. The van der Waals surface area contributed by atoms with Crippen LogP contribution in [0, 0.1) is 0 Å². The molecule has 0 saturated carbocycles. The third-order valence-corrected chi connectivity index (χ3v) is 5.14. The maximum Gasteiger partial charge on any atom is 0.500 e. The number of carboxylic acid groups (broad SMARTS) is 1. The minimum atomic E-state index is -2.53. The molecule has 0 aliphatic heterocycles. The molecule has 22 heavy (non-hydrogen) atoms. The van der Waals surface area contributed by atoms with Crippen molar-refractivity contribution in [1.82, 2.24) is 0 Å². The van der Waals surface area contributed by atoms with Gasteiger partial charge in [-0.05, 0) is 19.4 Å². The van der Waals surface area contributed by atoms with E-state index in [1.165, 1.54) is 0 Å². The number of hydrogen-bond donors (Lipinski definition) is 0. The van der Waals surface area contributed by atoms with E-state index < -0.39 is 14.8 Å². The second-order valence-electron chi connectivity index (χ2n) is 3.84. The van der Waals surface area contributed by atoms with E-state index >= 15 is 0 Å². The number of aliphatic carboxylic acids is 1. The Morgan fingerprint density at radius 1 is 1.18 bits per heavy atom. The van der Waals surface area contributed by atoms with Gasteiger partial charge in [-0.15, -0.1) is 0 Å². The quantitative estimate of drug-likeness (QED) is 0.215. The van der Waals surface area contributed by atoms with Gasteiger partial charge >= 0.3 is 14.8 Å². The van der Waals surface area contributed by atoms with Crippen molar-refractivity contribution in [3.8, 4) is 0 Å². The molecule has 0 aromatic carbocycles. The van der Waals surface area contributed by atoms with Crippen LogP contribution in [0.3, 0.4) is 0 Å². The van der Waals surface area contributed by atoms with Gasteiger partial charge in [-0.2, -0.15) is 0 Å².